The lowest BCUT2D eigenvalue weighted by Gasteiger charge is -2.16. The zero-order chi connectivity index (χ0) is 20.4. The predicted octanol–water partition coefficient (Wildman–Crippen LogP) is 4.82. The maximum atomic E-state index is 13.4. The SMILES string of the molecule is CCCc1nc2scc(-c3ccc4c(c3)CCCC4)c2c(=O)n1CCCC(=O)O. The minimum Gasteiger partial charge on any atom is -0.481 e. The van der Waals surface area contributed by atoms with E-state index in [0.717, 1.165) is 41.0 Å². The zero-order valence-corrected chi connectivity index (χ0v) is 17.6. The van der Waals surface area contributed by atoms with Gasteiger partial charge in [-0.1, -0.05) is 25.1 Å². The molecule has 0 aliphatic heterocycles. The van der Waals surface area contributed by atoms with Crippen LogP contribution in [0.2, 0.25) is 0 Å². The molecule has 0 saturated carbocycles. The second-order valence-corrected chi connectivity index (χ2v) is 8.61. The van der Waals surface area contributed by atoms with Gasteiger partial charge in [0.1, 0.15) is 10.7 Å². The number of aliphatic carboxylic acids is 1. The van der Waals surface area contributed by atoms with Crippen LogP contribution < -0.4 is 5.56 Å². The van der Waals surface area contributed by atoms with Crippen LogP contribution in [0, 0.1) is 0 Å². The Morgan fingerprint density at radius 3 is 2.79 bits per heavy atom. The second kappa shape index (κ2) is 8.49. The highest BCUT2D eigenvalue weighted by Gasteiger charge is 2.18. The fourth-order valence-corrected chi connectivity index (χ4v) is 5.17. The van der Waals surface area contributed by atoms with Gasteiger partial charge in [0.2, 0.25) is 0 Å². The van der Waals surface area contributed by atoms with E-state index in [2.05, 4.69) is 25.1 Å². The van der Waals surface area contributed by atoms with Crippen LogP contribution in [0.3, 0.4) is 0 Å². The summed E-state index contributed by atoms with van der Waals surface area (Å²) in [6.07, 6.45) is 6.79. The molecule has 1 aliphatic rings. The van der Waals surface area contributed by atoms with Crippen LogP contribution in [0.15, 0.2) is 28.4 Å². The molecule has 2 heterocycles. The summed E-state index contributed by atoms with van der Waals surface area (Å²) in [6, 6.07) is 6.57. The molecule has 0 saturated heterocycles. The van der Waals surface area contributed by atoms with Crippen molar-refractivity contribution in [3.8, 4) is 11.1 Å². The van der Waals surface area contributed by atoms with Gasteiger partial charge >= 0.3 is 5.97 Å². The molecule has 0 bridgehead atoms. The average molecular weight is 411 g/mol. The topological polar surface area (TPSA) is 72.2 Å². The van der Waals surface area contributed by atoms with Crippen molar-refractivity contribution in [2.75, 3.05) is 0 Å². The van der Waals surface area contributed by atoms with Gasteiger partial charge in [-0.05, 0) is 55.2 Å². The molecule has 0 fully saturated rings. The van der Waals surface area contributed by atoms with Crippen LogP contribution in [0.1, 0.15) is 56.0 Å². The molecule has 1 aliphatic carbocycles. The van der Waals surface area contributed by atoms with Crippen molar-refractivity contribution in [2.45, 2.75) is 64.8 Å². The maximum absolute atomic E-state index is 13.4. The van der Waals surface area contributed by atoms with Gasteiger partial charge < -0.3 is 5.11 Å². The highest BCUT2D eigenvalue weighted by atomic mass is 32.1. The largest absolute Gasteiger partial charge is 0.481 e. The van der Waals surface area contributed by atoms with Gasteiger partial charge in [-0.3, -0.25) is 14.2 Å². The van der Waals surface area contributed by atoms with Crippen LogP contribution in [0.25, 0.3) is 21.3 Å². The third-order valence-corrected chi connectivity index (χ3v) is 6.55. The lowest BCUT2D eigenvalue weighted by molar-refractivity contribution is -0.137. The molecular formula is C23H26N2O3S. The summed E-state index contributed by atoms with van der Waals surface area (Å²) >= 11 is 1.52. The molecule has 5 nitrogen and oxygen atoms in total. The Labute approximate surface area is 174 Å². The number of aromatic nitrogens is 2. The fraction of sp³-hybridized carbons (Fsp3) is 0.435. The van der Waals surface area contributed by atoms with Gasteiger partial charge in [-0.15, -0.1) is 11.3 Å². The minimum absolute atomic E-state index is 0.0437. The molecule has 6 heteroatoms. The van der Waals surface area contributed by atoms with Crippen molar-refractivity contribution in [3.63, 3.8) is 0 Å². The molecule has 3 aromatic rings. The first-order chi connectivity index (χ1) is 14.1. The standard InChI is InChI=1S/C23H26N2O3S/c1-2-6-19-24-22-21(23(28)25(19)12-5-9-20(26)27)18(14-29-22)17-11-10-15-7-3-4-8-16(15)13-17/h10-11,13-14H,2-9,12H2,1H3,(H,26,27). The van der Waals surface area contributed by atoms with Crippen molar-refractivity contribution in [2.24, 2.45) is 0 Å². The number of thiophene rings is 1. The van der Waals surface area contributed by atoms with E-state index in [4.69, 9.17) is 10.1 Å². The summed E-state index contributed by atoms with van der Waals surface area (Å²) in [5, 5.41) is 11.7. The maximum Gasteiger partial charge on any atom is 0.303 e. The normalized spacial score (nSPS) is 13.6. The second-order valence-electron chi connectivity index (χ2n) is 7.75. The highest BCUT2D eigenvalue weighted by Crippen LogP contribution is 2.34. The van der Waals surface area contributed by atoms with Crippen molar-refractivity contribution in [3.05, 3.63) is 50.9 Å². The van der Waals surface area contributed by atoms with Gasteiger partial charge in [-0.25, -0.2) is 4.98 Å². The van der Waals surface area contributed by atoms with E-state index in [1.165, 1.54) is 35.3 Å². The van der Waals surface area contributed by atoms with Crippen LogP contribution >= 0.6 is 11.3 Å². The summed E-state index contributed by atoms with van der Waals surface area (Å²) in [6.45, 7) is 2.45. The molecule has 1 aromatic carbocycles. The number of aryl methyl sites for hydroxylation is 3. The number of benzene rings is 1. The molecule has 0 atom stereocenters. The van der Waals surface area contributed by atoms with Gasteiger partial charge in [0.15, 0.2) is 0 Å². The first kappa shape index (κ1) is 19.8. The van der Waals surface area contributed by atoms with Gasteiger partial charge in [0.25, 0.3) is 5.56 Å². The molecule has 29 heavy (non-hydrogen) atoms. The Bertz CT molecular complexity index is 1110. The summed E-state index contributed by atoms with van der Waals surface area (Å²) < 4.78 is 1.70. The lowest BCUT2D eigenvalue weighted by atomic mass is 9.89. The summed E-state index contributed by atoms with van der Waals surface area (Å²) in [7, 11) is 0. The van der Waals surface area contributed by atoms with E-state index < -0.39 is 5.97 Å². The Balaban J connectivity index is 1.80. The Morgan fingerprint density at radius 2 is 2.03 bits per heavy atom. The molecule has 2 aromatic heterocycles. The van der Waals surface area contributed by atoms with Crippen LogP contribution in [-0.2, 0) is 30.6 Å². The fourth-order valence-electron chi connectivity index (χ4n) is 4.21. The number of fused-ring (bicyclic) bond motifs is 2. The summed E-state index contributed by atoms with van der Waals surface area (Å²) in [4.78, 5) is 29.9. The van der Waals surface area contributed by atoms with E-state index in [1.54, 1.807) is 4.57 Å². The molecule has 0 spiro atoms. The van der Waals surface area contributed by atoms with Crippen molar-refractivity contribution in [1.29, 1.82) is 0 Å². The monoisotopic (exact) mass is 410 g/mol. The minimum atomic E-state index is -0.839. The summed E-state index contributed by atoms with van der Waals surface area (Å²) in [5.74, 6) is -0.0800. The van der Waals surface area contributed by atoms with E-state index in [-0.39, 0.29) is 12.0 Å². The number of carboxylic acids is 1. The van der Waals surface area contributed by atoms with E-state index in [0.29, 0.717) is 24.8 Å². The van der Waals surface area contributed by atoms with Crippen molar-refractivity contribution < 1.29 is 9.90 Å². The Hall–Kier alpha value is -2.47. The number of carboxylic acid groups (broad SMARTS) is 1. The van der Waals surface area contributed by atoms with Crippen molar-refractivity contribution >= 4 is 27.5 Å². The van der Waals surface area contributed by atoms with Crippen LogP contribution in [0.5, 0.6) is 0 Å². The zero-order valence-electron chi connectivity index (χ0n) is 16.7. The van der Waals surface area contributed by atoms with Gasteiger partial charge in [0, 0.05) is 30.3 Å². The molecule has 1 N–H and O–H groups in total. The van der Waals surface area contributed by atoms with E-state index >= 15 is 0 Å². The molecule has 0 unspecified atom stereocenters. The third kappa shape index (κ3) is 3.99. The third-order valence-electron chi connectivity index (χ3n) is 5.68. The number of hydrogen-bond donors (Lipinski definition) is 1. The highest BCUT2D eigenvalue weighted by molar-refractivity contribution is 7.17. The predicted molar refractivity (Wildman–Crippen MR) is 117 cm³/mol. The van der Waals surface area contributed by atoms with E-state index in [9.17, 15) is 9.59 Å². The molecule has 0 radical (unpaired) electrons. The Kier molecular flexibility index (Phi) is 5.81. The smallest absolute Gasteiger partial charge is 0.303 e. The quantitative estimate of drug-likeness (QED) is 0.606. The molecular weight excluding hydrogens is 384 g/mol. The number of hydrogen-bond acceptors (Lipinski definition) is 4. The number of nitrogens with zero attached hydrogens (tertiary/aromatic N) is 2. The summed E-state index contributed by atoms with van der Waals surface area (Å²) in [5.41, 5.74) is 4.80. The molecule has 152 valence electrons. The van der Waals surface area contributed by atoms with Crippen LogP contribution in [-0.4, -0.2) is 20.6 Å². The Morgan fingerprint density at radius 1 is 1.24 bits per heavy atom. The van der Waals surface area contributed by atoms with E-state index in [1.807, 2.05) is 5.38 Å². The van der Waals surface area contributed by atoms with Crippen LogP contribution in [0.4, 0.5) is 0 Å². The van der Waals surface area contributed by atoms with Gasteiger partial charge in [-0.2, -0.15) is 0 Å². The first-order valence-electron chi connectivity index (χ1n) is 10.4. The first-order valence-corrected chi connectivity index (χ1v) is 11.3. The van der Waals surface area contributed by atoms with Crippen molar-refractivity contribution in [1.82, 2.24) is 9.55 Å². The van der Waals surface area contributed by atoms with Gasteiger partial charge in [0.05, 0.1) is 5.39 Å². The number of rotatable bonds is 7. The lowest BCUT2D eigenvalue weighted by Crippen LogP contribution is -2.25. The number of carbonyl (C=O) groups is 1. The molecule has 0 amide bonds. The molecule has 4 rings (SSSR count). The average Bonchev–Trinajstić information content (AvgIpc) is 3.14.